The molecular weight excluding hydrogens is 232 g/mol. The van der Waals surface area contributed by atoms with Gasteiger partial charge >= 0.3 is 5.97 Å². The van der Waals surface area contributed by atoms with Gasteiger partial charge in [-0.1, -0.05) is 13.8 Å². The molecule has 0 aliphatic carbocycles. The quantitative estimate of drug-likeness (QED) is 0.824. The van der Waals surface area contributed by atoms with Crippen LogP contribution >= 0.6 is 11.3 Å². The van der Waals surface area contributed by atoms with E-state index in [0.717, 1.165) is 27.5 Å². The fourth-order valence-corrected chi connectivity index (χ4v) is 4.96. The molecule has 0 spiro atoms. The van der Waals surface area contributed by atoms with Crippen LogP contribution in [0.25, 0.3) is 0 Å². The minimum atomic E-state index is -1.00. The van der Waals surface area contributed by atoms with Crippen LogP contribution in [0.2, 0.25) is 0 Å². The van der Waals surface area contributed by atoms with Gasteiger partial charge in [0.15, 0.2) is 0 Å². The maximum absolute atomic E-state index is 11.7. The fourth-order valence-electron chi connectivity index (χ4n) is 1.70. The molecule has 2 rings (SSSR count). The van der Waals surface area contributed by atoms with Gasteiger partial charge in [0.05, 0.1) is 15.0 Å². The number of carboxylic acid groups (broad SMARTS) is 1. The van der Waals surface area contributed by atoms with Gasteiger partial charge in [-0.2, -0.15) is 0 Å². The van der Waals surface area contributed by atoms with E-state index in [4.69, 9.17) is 5.11 Å². The first-order valence-corrected chi connectivity index (χ1v) is 6.81. The summed E-state index contributed by atoms with van der Waals surface area (Å²) in [5.74, 6) is -0.290. The van der Waals surface area contributed by atoms with Crippen LogP contribution in [0.5, 0.6) is 0 Å². The SMILES string of the molecule is CC1(C)CCS(=O)c2sc(C(=O)O)cc21. The van der Waals surface area contributed by atoms with E-state index in [2.05, 4.69) is 13.8 Å². The minimum absolute atomic E-state index is 0.0482. The summed E-state index contributed by atoms with van der Waals surface area (Å²) in [4.78, 5) is 11.1. The first-order valence-electron chi connectivity index (χ1n) is 4.68. The molecule has 1 atom stereocenters. The van der Waals surface area contributed by atoms with Crippen molar-refractivity contribution in [2.45, 2.75) is 29.9 Å². The zero-order valence-electron chi connectivity index (χ0n) is 8.57. The van der Waals surface area contributed by atoms with Crippen molar-refractivity contribution in [1.29, 1.82) is 0 Å². The minimum Gasteiger partial charge on any atom is -0.477 e. The van der Waals surface area contributed by atoms with E-state index in [0.29, 0.717) is 10.6 Å². The summed E-state index contributed by atoms with van der Waals surface area (Å²) in [6, 6.07) is 1.68. The molecule has 1 aliphatic rings. The number of rotatable bonds is 1. The molecule has 15 heavy (non-hydrogen) atoms. The van der Waals surface area contributed by atoms with Crippen molar-refractivity contribution in [3.8, 4) is 0 Å². The normalized spacial score (nSPS) is 23.5. The van der Waals surface area contributed by atoms with Crippen LogP contribution in [0.15, 0.2) is 10.3 Å². The Bertz CT molecular complexity index is 446. The van der Waals surface area contributed by atoms with Crippen LogP contribution in [-0.2, 0) is 16.2 Å². The van der Waals surface area contributed by atoms with E-state index in [9.17, 15) is 9.00 Å². The molecule has 0 amide bonds. The molecule has 0 saturated heterocycles. The number of carboxylic acids is 1. The molecule has 0 bridgehead atoms. The summed E-state index contributed by atoms with van der Waals surface area (Å²) in [5.41, 5.74) is 0.905. The van der Waals surface area contributed by atoms with Crippen molar-refractivity contribution < 1.29 is 14.1 Å². The van der Waals surface area contributed by atoms with Crippen LogP contribution < -0.4 is 0 Å². The smallest absolute Gasteiger partial charge is 0.345 e. The van der Waals surface area contributed by atoms with Crippen molar-refractivity contribution in [2.75, 3.05) is 5.75 Å². The third-order valence-electron chi connectivity index (χ3n) is 2.76. The Morgan fingerprint density at radius 1 is 1.60 bits per heavy atom. The van der Waals surface area contributed by atoms with E-state index in [1.807, 2.05) is 0 Å². The number of carbonyl (C=O) groups is 1. The second-order valence-corrected chi connectivity index (χ2v) is 7.12. The second kappa shape index (κ2) is 3.42. The highest BCUT2D eigenvalue weighted by molar-refractivity contribution is 7.87. The van der Waals surface area contributed by atoms with Crippen LogP contribution in [0.1, 0.15) is 35.5 Å². The van der Waals surface area contributed by atoms with E-state index >= 15 is 0 Å². The predicted molar refractivity (Wildman–Crippen MR) is 60.2 cm³/mol. The van der Waals surface area contributed by atoms with Crippen LogP contribution in [0.4, 0.5) is 0 Å². The lowest BCUT2D eigenvalue weighted by molar-refractivity contribution is 0.0702. The molecule has 1 N–H and O–H groups in total. The van der Waals surface area contributed by atoms with Gasteiger partial charge in [-0.15, -0.1) is 11.3 Å². The van der Waals surface area contributed by atoms with Crippen LogP contribution in [0.3, 0.4) is 0 Å². The van der Waals surface area contributed by atoms with Crippen molar-refractivity contribution in [3.63, 3.8) is 0 Å². The molecular formula is C10H12O3S2. The maximum Gasteiger partial charge on any atom is 0.345 e. The van der Waals surface area contributed by atoms with E-state index in [1.54, 1.807) is 6.07 Å². The summed E-state index contributed by atoms with van der Waals surface area (Å²) in [6.45, 7) is 4.14. The molecule has 1 aromatic rings. The highest BCUT2D eigenvalue weighted by atomic mass is 32.2. The summed E-state index contributed by atoms with van der Waals surface area (Å²) < 4.78 is 12.5. The van der Waals surface area contributed by atoms with Gasteiger partial charge in [-0.05, 0) is 23.5 Å². The highest BCUT2D eigenvalue weighted by Gasteiger charge is 2.34. The predicted octanol–water partition coefficient (Wildman–Crippen LogP) is 2.24. The zero-order chi connectivity index (χ0) is 11.2. The molecule has 1 aromatic heterocycles. The van der Waals surface area contributed by atoms with E-state index in [-0.39, 0.29) is 5.41 Å². The Morgan fingerprint density at radius 3 is 2.80 bits per heavy atom. The average molecular weight is 244 g/mol. The summed E-state index contributed by atoms with van der Waals surface area (Å²) >= 11 is 1.15. The third-order valence-corrected chi connectivity index (χ3v) is 5.69. The summed E-state index contributed by atoms with van der Waals surface area (Å²) in [5, 5.41) is 8.90. The molecule has 0 saturated carbocycles. The monoisotopic (exact) mass is 244 g/mol. The van der Waals surface area contributed by atoms with Gasteiger partial charge in [-0.3, -0.25) is 4.21 Å². The Kier molecular flexibility index (Phi) is 2.47. The molecule has 1 unspecified atom stereocenters. The molecule has 3 nitrogen and oxygen atoms in total. The van der Waals surface area contributed by atoms with Gasteiger partial charge in [0.1, 0.15) is 4.88 Å². The number of hydrogen-bond donors (Lipinski definition) is 1. The standard InChI is InChI=1S/C10H12O3S2/c1-10(2)3-4-15(13)9-6(10)5-7(14-9)8(11)12/h5H,3-4H2,1-2H3,(H,11,12). The highest BCUT2D eigenvalue weighted by Crippen LogP contribution is 2.41. The third kappa shape index (κ3) is 1.74. The molecule has 0 fully saturated rings. The van der Waals surface area contributed by atoms with Gasteiger partial charge in [0.25, 0.3) is 0 Å². The molecule has 0 radical (unpaired) electrons. The van der Waals surface area contributed by atoms with E-state index in [1.165, 1.54) is 0 Å². The van der Waals surface area contributed by atoms with E-state index < -0.39 is 16.8 Å². The number of fused-ring (bicyclic) bond motifs is 1. The van der Waals surface area contributed by atoms with Crippen LogP contribution in [0, 0.1) is 0 Å². The Balaban J connectivity index is 2.59. The Hall–Kier alpha value is -0.680. The Labute approximate surface area is 94.6 Å². The molecule has 82 valence electrons. The van der Waals surface area contributed by atoms with Crippen molar-refractivity contribution in [1.82, 2.24) is 0 Å². The topological polar surface area (TPSA) is 54.4 Å². The molecule has 1 aliphatic heterocycles. The second-order valence-electron chi connectivity index (χ2n) is 4.30. The van der Waals surface area contributed by atoms with Gasteiger partial charge in [0.2, 0.25) is 0 Å². The van der Waals surface area contributed by atoms with Crippen molar-refractivity contribution in [3.05, 3.63) is 16.5 Å². The molecule has 0 aromatic carbocycles. The lowest BCUT2D eigenvalue weighted by Gasteiger charge is -2.28. The number of aromatic carboxylic acids is 1. The number of hydrogen-bond acceptors (Lipinski definition) is 3. The van der Waals surface area contributed by atoms with Gasteiger partial charge in [0, 0.05) is 5.75 Å². The lowest BCUT2D eigenvalue weighted by atomic mass is 9.83. The Morgan fingerprint density at radius 2 is 2.27 bits per heavy atom. The average Bonchev–Trinajstić information content (AvgIpc) is 2.58. The molecule has 2 heterocycles. The van der Waals surface area contributed by atoms with Crippen LogP contribution in [-0.4, -0.2) is 21.0 Å². The molecule has 5 heteroatoms. The first kappa shape index (κ1) is 10.8. The van der Waals surface area contributed by atoms with Crippen molar-refractivity contribution >= 4 is 28.1 Å². The van der Waals surface area contributed by atoms with Crippen molar-refractivity contribution in [2.24, 2.45) is 0 Å². The summed E-state index contributed by atoms with van der Waals surface area (Å²) in [6.07, 6.45) is 0.850. The lowest BCUT2D eigenvalue weighted by Crippen LogP contribution is -2.25. The van der Waals surface area contributed by atoms with Gasteiger partial charge < -0.3 is 5.11 Å². The fraction of sp³-hybridized carbons (Fsp3) is 0.500. The summed E-state index contributed by atoms with van der Waals surface area (Å²) in [7, 11) is -1.00. The maximum atomic E-state index is 11.7. The zero-order valence-corrected chi connectivity index (χ0v) is 10.2. The largest absolute Gasteiger partial charge is 0.477 e. The van der Waals surface area contributed by atoms with Gasteiger partial charge in [-0.25, -0.2) is 4.79 Å². The number of thiophene rings is 1. The first-order chi connectivity index (χ1) is 6.92.